The average Bonchev–Trinajstić information content (AvgIpc) is 2.97. The summed E-state index contributed by atoms with van der Waals surface area (Å²) in [6.45, 7) is 3.12. The highest BCUT2D eigenvalue weighted by Crippen LogP contribution is 2.17. The SMILES string of the molecule is CCOc1cccc(NCC(O)COc2cnsn2)c1. The van der Waals surface area contributed by atoms with Crippen LogP contribution in [-0.2, 0) is 0 Å². The van der Waals surface area contributed by atoms with E-state index in [2.05, 4.69) is 14.1 Å². The molecule has 0 aliphatic rings. The highest BCUT2D eigenvalue weighted by molar-refractivity contribution is 6.99. The molecule has 108 valence electrons. The van der Waals surface area contributed by atoms with Gasteiger partial charge in [-0.1, -0.05) is 6.07 Å². The van der Waals surface area contributed by atoms with Gasteiger partial charge in [0.25, 0.3) is 0 Å². The van der Waals surface area contributed by atoms with Crippen LogP contribution in [-0.4, -0.2) is 39.7 Å². The van der Waals surface area contributed by atoms with Gasteiger partial charge in [-0.2, -0.15) is 4.37 Å². The summed E-state index contributed by atoms with van der Waals surface area (Å²) in [6, 6.07) is 7.60. The van der Waals surface area contributed by atoms with Gasteiger partial charge >= 0.3 is 0 Å². The molecule has 1 aromatic carbocycles. The first kappa shape index (κ1) is 14.5. The van der Waals surface area contributed by atoms with E-state index in [9.17, 15) is 5.11 Å². The molecule has 1 unspecified atom stereocenters. The van der Waals surface area contributed by atoms with Crippen molar-refractivity contribution in [1.82, 2.24) is 8.75 Å². The van der Waals surface area contributed by atoms with Gasteiger partial charge in [-0.15, -0.1) is 4.37 Å². The smallest absolute Gasteiger partial charge is 0.245 e. The summed E-state index contributed by atoms with van der Waals surface area (Å²) < 4.78 is 18.4. The van der Waals surface area contributed by atoms with E-state index in [1.807, 2.05) is 31.2 Å². The zero-order valence-electron chi connectivity index (χ0n) is 11.2. The zero-order valence-corrected chi connectivity index (χ0v) is 12.0. The predicted molar refractivity (Wildman–Crippen MR) is 77.5 cm³/mol. The molecule has 2 N–H and O–H groups in total. The number of hydrogen-bond acceptors (Lipinski definition) is 7. The minimum atomic E-state index is -0.632. The predicted octanol–water partition coefficient (Wildman–Crippen LogP) is 1.79. The first-order valence-electron chi connectivity index (χ1n) is 6.33. The highest BCUT2D eigenvalue weighted by atomic mass is 32.1. The van der Waals surface area contributed by atoms with Crippen molar-refractivity contribution in [1.29, 1.82) is 0 Å². The minimum Gasteiger partial charge on any atom is -0.494 e. The number of anilines is 1. The molecule has 0 spiro atoms. The van der Waals surface area contributed by atoms with Gasteiger partial charge in [0, 0.05) is 18.3 Å². The third-order valence-electron chi connectivity index (χ3n) is 2.45. The first-order chi connectivity index (χ1) is 9.78. The number of nitrogens with one attached hydrogen (secondary N) is 1. The molecule has 1 heterocycles. The fraction of sp³-hybridized carbons (Fsp3) is 0.385. The molecule has 0 saturated heterocycles. The molecule has 0 aliphatic heterocycles. The van der Waals surface area contributed by atoms with Gasteiger partial charge in [-0.3, -0.25) is 0 Å². The Labute approximate surface area is 121 Å². The van der Waals surface area contributed by atoms with Crippen LogP contribution in [0.25, 0.3) is 0 Å². The van der Waals surface area contributed by atoms with E-state index in [1.54, 1.807) is 0 Å². The van der Waals surface area contributed by atoms with Gasteiger partial charge < -0.3 is 19.9 Å². The Kier molecular flexibility index (Phi) is 5.57. The summed E-state index contributed by atoms with van der Waals surface area (Å²) in [6.07, 6.45) is 0.892. The second kappa shape index (κ2) is 7.66. The van der Waals surface area contributed by atoms with Gasteiger partial charge in [0.05, 0.1) is 18.3 Å². The summed E-state index contributed by atoms with van der Waals surface area (Å²) in [4.78, 5) is 0. The summed E-state index contributed by atoms with van der Waals surface area (Å²) in [7, 11) is 0. The van der Waals surface area contributed by atoms with Crippen molar-refractivity contribution in [2.24, 2.45) is 0 Å². The highest BCUT2D eigenvalue weighted by Gasteiger charge is 2.06. The van der Waals surface area contributed by atoms with E-state index < -0.39 is 6.10 Å². The molecular weight excluding hydrogens is 278 g/mol. The van der Waals surface area contributed by atoms with Crippen molar-refractivity contribution in [3.8, 4) is 11.6 Å². The summed E-state index contributed by atoms with van der Waals surface area (Å²) in [5.41, 5.74) is 0.894. The second-order valence-electron chi connectivity index (χ2n) is 4.05. The van der Waals surface area contributed by atoms with Gasteiger partial charge in [-0.05, 0) is 19.1 Å². The Balaban J connectivity index is 1.75. The Hall–Kier alpha value is -1.86. The number of aliphatic hydroxyl groups is 1. The molecule has 0 saturated carbocycles. The fourth-order valence-corrected chi connectivity index (χ4v) is 1.92. The number of benzene rings is 1. The van der Waals surface area contributed by atoms with Crippen LogP contribution in [0.15, 0.2) is 30.5 Å². The molecule has 2 aromatic rings. The first-order valence-corrected chi connectivity index (χ1v) is 7.06. The van der Waals surface area contributed by atoms with Crippen LogP contribution in [0.2, 0.25) is 0 Å². The maximum Gasteiger partial charge on any atom is 0.245 e. The van der Waals surface area contributed by atoms with Crippen LogP contribution in [0.1, 0.15) is 6.92 Å². The van der Waals surface area contributed by atoms with Crippen LogP contribution in [0, 0.1) is 0 Å². The van der Waals surface area contributed by atoms with Crippen LogP contribution in [0.4, 0.5) is 5.69 Å². The Morgan fingerprint density at radius 1 is 1.40 bits per heavy atom. The van der Waals surface area contributed by atoms with E-state index in [1.165, 1.54) is 6.20 Å². The zero-order chi connectivity index (χ0) is 14.2. The van der Waals surface area contributed by atoms with E-state index in [4.69, 9.17) is 9.47 Å². The lowest BCUT2D eigenvalue weighted by Crippen LogP contribution is -2.26. The molecule has 1 atom stereocenters. The summed E-state index contributed by atoms with van der Waals surface area (Å²) >= 11 is 1.07. The number of aromatic nitrogens is 2. The van der Waals surface area contributed by atoms with Gasteiger partial charge in [0.1, 0.15) is 24.7 Å². The molecule has 2 rings (SSSR count). The normalized spacial score (nSPS) is 11.9. The molecule has 0 fully saturated rings. The molecule has 20 heavy (non-hydrogen) atoms. The Morgan fingerprint density at radius 3 is 3.05 bits per heavy atom. The standard InChI is InChI=1S/C13H17N3O3S/c1-2-18-12-5-3-4-10(6-12)14-7-11(17)9-19-13-8-15-20-16-13/h3-6,8,11,14,17H,2,7,9H2,1H3. The molecule has 0 bridgehead atoms. The fourth-order valence-electron chi connectivity index (χ4n) is 1.56. The van der Waals surface area contributed by atoms with E-state index >= 15 is 0 Å². The van der Waals surface area contributed by atoms with Crippen LogP contribution in [0.5, 0.6) is 11.6 Å². The number of rotatable bonds is 8. The van der Waals surface area contributed by atoms with Gasteiger partial charge in [0.2, 0.25) is 5.88 Å². The second-order valence-corrected chi connectivity index (χ2v) is 4.61. The number of nitrogens with zero attached hydrogens (tertiary/aromatic N) is 2. The largest absolute Gasteiger partial charge is 0.494 e. The topological polar surface area (TPSA) is 76.5 Å². The van der Waals surface area contributed by atoms with Crippen molar-refractivity contribution < 1.29 is 14.6 Å². The third-order valence-corrected chi connectivity index (χ3v) is 2.91. The van der Waals surface area contributed by atoms with Crippen LogP contribution >= 0.6 is 11.7 Å². The molecule has 6 nitrogen and oxygen atoms in total. The maximum absolute atomic E-state index is 9.82. The lowest BCUT2D eigenvalue weighted by molar-refractivity contribution is 0.115. The monoisotopic (exact) mass is 295 g/mol. The molecule has 0 amide bonds. The van der Waals surface area contributed by atoms with Crippen molar-refractivity contribution in [3.05, 3.63) is 30.5 Å². The van der Waals surface area contributed by atoms with Crippen molar-refractivity contribution >= 4 is 17.4 Å². The lowest BCUT2D eigenvalue weighted by atomic mass is 10.3. The molecule has 0 radical (unpaired) electrons. The Bertz CT molecular complexity index is 507. The summed E-state index contributed by atoms with van der Waals surface area (Å²) in [5, 5.41) is 12.9. The molecule has 1 aromatic heterocycles. The maximum atomic E-state index is 9.82. The Morgan fingerprint density at radius 2 is 2.30 bits per heavy atom. The average molecular weight is 295 g/mol. The van der Waals surface area contributed by atoms with E-state index in [0.29, 0.717) is 19.0 Å². The van der Waals surface area contributed by atoms with Crippen molar-refractivity contribution in [2.45, 2.75) is 13.0 Å². The van der Waals surface area contributed by atoms with Crippen LogP contribution in [0.3, 0.4) is 0 Å². The van der Waals surface area contributed by atoms with E-state index in [0.717, 1.165) is 23.2 Å². The molecule has 0 aliphatic carbocycles. The van der Waals surface area contributed by atoms with E-state index in [-0.39, 0.29) is 6.61 Å². The number of hydrogen-bond donors (Lipinski definition) is 2. The van der Waals surface area contributed by atoms with Crippen molar-refractivity contribution in [3.63, 3.8) is 0 Å². The van der Waals surface area contributed by atoms with Crippen molar-refractivity contribution in [2.75, 3.05) is 25.1 Å². The molecule has 7 heteroatoms. The van der Waals surface area contributed by atoms with Gasteiger partial charge in [-0.25, -0.2) is 0 Å². The lowest BCUT2D eigenvalue weighted by Gasteiger charge is -2.13. The molecular formula is C13H17N3O3S. The quantitative estimate of drug-likeness (QED) is 0.773. The number of aliphatic hydroxyl groups excluding tert-OH is 1. The summed E-state index contributed by atoms with van der Waals surface area (Å²) in [5.74, 6) is 1.24. The third kappa shape index (κ3) is 4.67. The van der Waals surface area contributed by atoms with Gasteiger partial charge in [0.15, 0.2) is 0 Å². The number of ether oxygens (including phenoxy) is 2. The minimum absolute atomic E-state index is 0.170. The van der Waals surface area contributed by atoms with Crippen LogP contribution < -0.4 is 14.8 Å².